The molecule has 3 aromatic rings. The maximum atomic E-state index is 12.8. The molecule has 3 rings (SSSR count). The van der Waals surface area contributed by atoms with Gasteiger partial charge in [-0.2, -0.15) is 0 Å². The summed E-state index contributed by atoms with van der Waals surface area (Å²) < 4.78 is 1.61. The standard InChI is InChI=1S/C18H18N2O2S/c1-18(2,3)11-8-9-15(21)14(10-11)20-16(22)12-6-4-5-7-13(12)19-17(20)23/h4-10,21H,1-3H3,(H,19,23). The van der Waals surface area contributed by atoms with Crippen LogP contribution >= 0.6 is 12.2 Å². The van der Waals surface area contributed by atoms with Crippen LogP contribution in [-0.2, 0) is 5.41 Å². The number of hydrogen-bond donors (Lipinski definition) is 2. The first-order valence-electron chi connectivity index (χ1n) is 7.37. The van der Waals surface area contributed by atoms with Gasteiger partial charge in [0.1, 0.15) is 5.75 Å². The van der Waals surface area contributed by atoms with Gasteiger partial charge in [-0.3, -0.25) is 4.79 Å². The van der Waals surface area contributed by atoms with Crippen molar-refractivity contribution < 1.29 is 5.11 Å². The Hall–Kier alpha value is -2.40. The second-order valence-corrected chi connectivity index (χ2v) is 6.96. The lowest BCUT2D eigenvalue weighted by Gasteiger charge is -2.21. The number of nitrogens with one attached hydrogen (secondary N) is 1. The Kier molecular flexibility index (Phi) is 3.60. The fraction of sp³-hybridized carbons (Fsp3) is 0.222. The lowest BCUT2D eigenvalue weighted by atomic mass is 9.87. The molecule has 0 bridgehead atoms. The van der Waals surface area contributed by atoms with Crippen molar-refractivity contribution >= 4 is 23.1 Å². The van der Waals surface area contributed by atoms with E-state index in [0.717, 1.165) is 5.56 Å². The molecule has 0 radical (unpaired) electrons. The van der Waals surface area contributed by atoms with Crippen LogP contribution in [0.5, 0.6) is 5.75 Å². The molecule has 2 aromatic carbocycles. The van der Waals surface area contributed by atoms with Crippen LogP contribution in [0.2, 0.25) is 0 Å². The quantitative estimate of drug-likeness (QED) is 0.663. The smallest absolute Gasteiger partial charge is 0.266 e. The Bertz CT molecular complexity index is 1010. The summed E-state index contributed by atoms with van der Waals surface area (Å²) in [7, 11) is 0. The number of fused-ring (bicyclic) bond motifs is 1. The van der Waals surface area contributed by atoms with E-state index in [0.29, 0.717) is 16.6 Å². The van der Waals surface area contributed by atoms with Gasteiger partial charge in [0.2, 0.25) is 0 Å². The van der Waals surface area contributed by atoms with Crippen molar-refractivity contribution in [2.75, 3.05) is 0 Å². The Balaban J connectivity index is 2.38. The SMILES string of the molecule is CC(C)(C)c1ccc(O)c(-n2c(=S)[nH]c3ccccc3c2=O)c1. The van der Waals surface area contributed by atoms with Crippen molar-refractivity contribution in [2.45, 2.75) is 26.2 Å². The first-order chi connectivity index (χ1) is 10.8. The molecule has 118 valence electrons. The lowest BCUT2D eigenvalue weighted by Crippen LogP contribution is -2.21. The highest BCUT2D eigenvalue weighted by Gasteiger charge is 2.18. The maximum Gasteiger partial charge on any atom is 0.266 e. The fourth-order valence-corrected chi connectivity index (χ4v) is 2.84. The Labute approximate surface area is 139 Å². The molecule has 0 unspecified atom stereocenters. The van der Waals surface area contributed by atoms with Crippen molar-refractivity contribution in [3.8, 4) is 11.4 Å². The van der Waals surface area contributed by atoms with Crippen molar-refractivity contribution in [2.24, 2.45) is 0 Å². The summed E-state index contributed by atoms with van der Waals surface area (Å²) in [5.41, 5.74) is 1.75. The summed E-state index contributed by atoms with van der Waals surface area (Å²) in [5.74, 6) is 0.0230. The Morgan fingerprint density at radius 2 is 1.83 bits per heavy atom. The monoisotopic (exact) mass is 326 g/mol. The molecule has 0 saturated heterocycles. The molecule has 0 aliphatic rings. The number of para-hydroxylation sites is 1. The normalized spacial score (nSPS) is 11.8. The number of benzene rings is 2. The van der Waals surface area contributed by atoms with Crippen LogP contribution in [0.25, 0.3) is 16.6 Å². The van der Waals surface area contributed by atoms with Crippen LogP contribution in [0.1, 0.15) is 26.3 Å². The summed E-state index contributed by atoms with van der Waals surface area (Å²) in [5, 5.41) is 10.8. The summed E-state index contributed by atoms with van der Waals surface area (Å²) >= 11 is 5.34. The van der Waals surface area contributed by atoms with Crippen LogP contribution in [0.3, 0.4) is 0 Å². The van der Waals surface area contributed by atoms with E-state index in [1.54, 1.807) is 18.2 Å². The van der Waals surface area contributed by atoms with E-state index in [-0.39, 0.29) is 21.5 Å². The summed E-state index contributed by atoms with van der Waals surface area (Å²) in [6, 6.07) is 12.5. The van der Waals surface area contributed by atoms with E-state index < -0.39 is 0 Å². The van der Waals surface area contributed by atoms with E-state index in [1.165, 1.54) is 4.57 Å². The van der Waals surface area contributed by atoms with Crippen LogP contribution in [0.15, 0.2) is 47.3 Å². The second-order valence-electron chi connectivity index (χ2n) is 6.57. The first-order valence-corrected chi connectivity index (χ1v) is 7.78. The molecule has 4 nitrogen and oxygen atoms in total. The minimum Gasteiger partial charge on any atom is -0.506 e. The van der Waals surface area contributed by atoms with Gasteiger partial charge in [0, 0.05) is 0 Å². The van der Waals surface area contributed by atoms with Gasteiger partial charge in [0.15, 0.2) is 4.77 Å². The lowest BCUT2D eigenvalue weighted by molar-refractivity contribution is 0.470. The number of phenolic OH excluding ortho intramolecular Hbond substituents is 1. The zero-order valence-corrected chi connectivity index (χ0v) is 14.1. The predicted octanol–water partition coefficient (Wildman–Crippen LogP) is 4.05. The van der Waals surface area contributed by atoms with Gasteiger partial charge in [-0.1, -0.05) is 39.0 Å². The molecule has 5 heteroatoms. The van der Waals surface area contributed by atoms with Gasteiger partial charge >= 0.3 is 0 Å². The molecule has 0 amide bonds. The highest BCUT2D eigenvalue weighted by molar-refractivity contribution is 7.71. The van der Waals surface area contributed by atoms with Gasteiger partial charge in [-0.05, 0) is 47.5 Å². The van der Waals surface area contributed by atoms with Gasteiger partial charge in [0.25, 0.3) is 5.56 Å². The van der Waals surface area contributed by atoms with Crippen LogP contribution in [0.4, 0.5) is 0 Å². The van der Waals surface area contributed by atoms with E-state index in [9.17, 15) is 9.90 Å². The molecule has 0 aliphatic carbocycles. The number of phenols is 1. The average molecular weight is 326 g/mol. The third kappa shape index (κ3) is 2.68. The first kappa shape index (κ1) is 15.5. The second kappa shape index (κ2) is 5.35. The van der Waals surface area contributed by atoms with E-state index in [1.807, 2.05) is 24.3 Å². The van der Waals surface area contributed by atoms with Gasteiger partial charge in [-0.15, -0.1) is 0 Å². The fourth-order valence-electron chi connectivity index (χ4n) is 2.55. The van der Waals surface area contributed by atoms with Crippen molar-refractivity contribution in [1.82, 2.24) is 9.55 Å². The largest absolute Gasteiger partial charge is 0.506 e. The molecule has 1 aromatic heterocycles. The molecule has 0 saturated carbocycles. The highest BCUT2D eigenvalue weighted by atomic mass is 32.1. The number of H-pyrrole nitrogens is 1. The molecular weight excluding hydrogens is 308 g/mol. The minimum atomic E-state index is -0.245. The highest BCUT2D eigenvalue weighted by Crippen LogP contribution is 2.29. The molecule has 23 heavy (non-hydrogen) atoms. The summed E-state index contributed by atoms with van der Waals surface area (Å²) in [6.07, 6.45) is 0. The van der Waals surface area contributed by atoms with Crippen LogP contribution in [-0.4, -0.2) is 14.7 Å². The van der Waals surface area contributed by atoms with Gasteiger partial charge in [0.05, 0.1) is 16.6 Å². The Morgan fingerprint density at radius 3 is 2.52 bits per heavy atom. The molecule has 0 aliphatic heterocycles. The number of aromatic hydroxyl groups is 1. The molecule has 0 atom stereocenters. The molecular formula is C18H18N2O2S. The molecule has 0 spiro atoms. The van der Waals surface area contributed by atoms with Crippen molar-refractivity contribution in [1.29, 1.82) is 0 Å². The summed E-state index contributed by atoms with van der Waals surface area (Å²) in [4.78, 5) is 15.9. The zero-order valence-electron chi connectivity index (χ0n) is 13.3. The average Bonchev–Trinajstić information content (AvgIpc) is 2.48. The third-order valence-electron chi connectivity index (χ3n) is 3.89. The van der Waals surface area contributed by atoms with Gasteiger partial charge in [-0.25, -0.2) is 4.57 Å². The predicted molar refractivity (Wildman–Crippen MR) is 95.1 cm³/mol. The number of nitrogens with zero attached hydrogens (tertiary/aromatic N) is 1. The van der Waals surface area contributed by atoms with Gasteiger partial charge < -0.3 is 10.1 Å². The molecule has 2 N–H and O–H groups in total. The topological polar surface area (TPSA) is 58.0 Å². The number of aromatic amines is 1. The summed E-state index contributed by atoms with van der Waals surface area (Å²) in [6.45, 7) is 6.23. The third-order valence-corrected chi connectivity index (χ3v) is 4.17. The van der Waals surface area contributed by atoms with E-state index >= 15 is 0 Å². The number of aromatic nitrogens is 2. The van der Waals surface area contributed by atoms with E-state index in [2.05, 4.69) is 25.8 Å². The Morgan fingerprint density at radius 1 is 1.13 bits per heavy atom. The minimum absolute atomic E-state index is 0.0230. The molecule has 1 heterocycles. The number of rotatable bonds is 1. The van der Waals surface area contributed by atoms with Crippen LogP contribution in [0, 0.1) is 4.77 Å². The maximum absolute atomic E-state index is 12.8. The van der Waals surface area contributed by atoms with Crippen molar-refractivity contribution in [3.63, 3.8) is 0 Å². The van der Waals surface area contributed by atoms with E-state index in [4.69, 9.17) is 12.2 Å². The number of hydrogen-bond acceptors (Lipinski definition) is 3. The van der Waals surface area contributed by atoms with Crippen LogP contribution < -0.4 is 5.56 Å². The van der Waals surface area contributed by atoms with Crippen molar-refractivity contribution in [3.05, 3.63) is 63.2 Å². The zero-order chi connectivity index (χ0) is 16.8. The molecule has 0 fully saturated rings.